The van der Waals surface area contributed by atoms with Crippen LogP contribution in [0.3, 0.4) is 0 Å². The van der Waals surface area contributed by atoms with E-state index in [0.29, 0.717) is 49.9 Å². The number of aryl methyl sites for hydroxylation is 1. The molecule has 4 amide bonds. The molecule has 186 valence electrons. The molecule has 1 saturated heterocycles. The first-order chi connectivity index (χ1) is 17.0. The molecule has 0 spiro atoms. The summed E-state index contributed by atoms with van der Waals surface area (Å²) in [6.45, 7) is 2.76. The minimum atomic E-state index is -0.590. The number of nitrogens with one attached hydrogen (secondary N) is 2. The average molecular weight is 480 g/mol. The van der Waals surface area contributed by atoms with Gasteiger partial charge in [0.25, 0.3) is 5.91 Å². The molecular weight excluding hydrogens is 446 g/mol. The third-order valence-corrected chi connectivity index (χ3v) is 6.54. The number of carbonyl (C=O) groups is 3. The van der Waals surface area contributed by atoms with Gasteiger partial charge in [0.05, 0.1) is 11.1 Å². The van der Waals surface area contributed by atoms with Crippen molar-refractivity contribution in [1.29, 1.82) is 0 Å². The quantitative estimate of drug-likeness (QED) is 0.576. The Bertz CT molecular complexity index is 1050. The molecular formula is C25H33N7O3. The molecule has 10 nitrogen and oxygen atoms in total. The SMILES string of the molecule is NC(=O)c1ccc2cc1C(=O)N1CCN(CC1)c1ccc(nn1)NC(=O)NCCCCCCCC2. The van der Waals surface area contributed by atoms with E-state index in [4.69, 9.17) is 5.73 Å². The second kappa shape index (κ2) is 11.6. The molecule has 4 N–H and O–H groups in total. The standard InChI is InChI=1S/C25H33N7O3/c26-23(33)19-9-8-18-7-5-3-1-2-4-6-12-27-25(35)28-21-10-11-22(30-29-21)31-13-15-32(16-14-31)24(34)20(19)17-18/h8-11,17H,1-7,12-16H2,(H2,26,33)(H2,27,28,29,35). The van der Waals surface area contributed by atoms with Crippen LogP contribution in [0.2, 0.25) is 0 Å². The van der Waals surface area contributed by atoms with Crippen molar-refractivity contribution in [3.05, 3.63) is 47.0 Å². The normalized spacial score (nSPS) is 18.2. The third-order valence-electron chi connectivity index (χ3n) is 6.54. The van der Waals surface area contributed by atoms with Crippen molar-refractivity contribution < 1.29 is 14.4 Å². The molecule has 6 bridgehead atoms. The molecule has 0 radical (unpaired) electrons. The number of rotatable bonds is 1. The first-order valence-electron chi connectivity index (χ1n) is 12.4. The number of hydrogen-bond donors (Lipinski definition) is 3. The smallest absolute Gasteiger partial charge is 0.320 e. The molecule has 1 aromatic carbocycles. The molecule has 10 heteroatoms. The third kappa shape index (κ3) is 6.46. The Morgan fingerprint density at radius 3 is 2.29 bits per heavy atom. The fraction of sp³-hybridized carbons (Fsp3) is 0.480. The Balaban J connectivity index is 1.51. The van der Waals surface area contributed by atoms with E-state index < -0.39 is 5.91 Å². The number of amides is 4. The lowest BCUT2D eigenvalue weighted by Crippen LogP contribution is -2.49. The molecule has 35 heavy (non-hydrogen) atoms. The summed E-state index contributed by atoms with van der Waals surface area (Å²) in [5.41, 5.74) is 7.28. The predicted molar refractivity (Wildman–Crippen MR) is 134 cm³/mol. The maximum absolute atomic E-state index is 13.3. The lowest BCUT2D eigenvalue weighted by molar-refractivity contribution is 0.0741. The van der Waals surface area contributed by atoms with Crippen LogP contribution in [0.5, 0.6) is 0 Å². The summed E-state index contributed by atoms with van der Waals surface area (Å²) in [6.07, 6.45) is 7.14. The summed E-state index contributed by atoms with van der Waals surface area (Å²) in [4.78, 5) is 41.2. The van der Waals surface area contributed by atoms with Gasteiger partial charge in [0.2, 0.25) is 5.91 Å². The molecule has 1 fully saturated rings. The van der Waals surface area contributed by atoms with Crippen molar-refractivity contribution >= 4 is 29.5 Å². The van der Waals surface area contributed by atoms with Crippen molar-refractivity contribution in [3.63, 3.8) is 0 Å². The molecule has 0 unspecified atom stereocenters. The van der Waals surface area contributed by atoms with Crippen molar-refractivity contribution in [2.75, 3.05) is 42.9 Å². The van der Waals surface area contributed by atoms with Crippen LogP contribution in [0.25, 0.3) is 0 Å². The van der Waals surface area contributed by atoms with Gasteiger partial charge in [-0.3, -0.25) is 14.9 Å². The van der Waals surface area contributed by atoms with Crippen LogP contribution in [0.15, 0.2) is 30.3 Å². The number of piperazine rings is 1. The van der Waals surface area contributed by atoms with Crippen molar-refractivity contribution in [3.8, 4) is 0 Å². The molecule has 5 heterocycles. The van der Waals surface area contributed by atoms with Gasteiger partial charge in [0.1, 0.15) is 0 Å². The first kappa shape index (κ1) is 24.4. The molecule has 0 atom stereocenters. The van der Waals surface area contributed by atoms with Gasteiger partial charge in [-0.15, -0.1) is 10.2 Å². The Hall–Kier alpha value is -3.69. The lowest BCUT2D eigenvalue weighted by atomic mass is 9.98. The predicted octanol–water partition coefficient (Wildman–Crippen LogP) is 2.56. The molecule has 1 aromatic heterocycles. The molecule has 6 rings (SSSR count). The van der Waals surface area contributed by atoms with Crippen LogP contribution in [0.4, 0.5) is 16.4 Å². The summed E-state index contributed by atoms with van der Waals surface area (Å²) in [7, 11) is 0. The van der Waals surface area contributed by atoms with Crippen LogP contribution in [-0.4, -0.2) is 65.7 Å². The zero-order valence-electron chi connectivity index (χ0n) is 20.0. The average Bonchev–Trinajstić information content (AvgIpc) is 2.87. The highest BCUT2D eigenvalue weighted by atomic mass is 16.2. The van der Waals surface area contributed by atoms with Crippen LogP contribution in [-0.2, 0) is 6.42 Å². The highest BCUT2D eigenvalue weighted by molar-refractivity contribution is 6.06. The van der Waals surface area contributed by atoms with E-state index in [1.54, 1.807) is 17.0 Å². The number of hydrogen-bond acceptors (Lipinski definition) is 6. The summed E-state index contributed by atoms with van der Waals surface area (Å²) < 4.78 is 0. The number of urea groups is 1. The van der Waals surface area contributed by atoms with Gasteiger partial charge in [-0.2, -0.15) is 0 Å². The van der Waals surface area contributed by atoms with Gasteiger partial charge in [-0.25, -0.2) is 4.79 Å². The second-order valence-electron chi connectivity index (χ2n) is 9.05. The minimum absolute atomic E-state index is 0.171. The number of carbonyl (C=O) groups excluding carboxylic acids is 3. The molecule has 2 aromatic rings. The summed E-state index contributed by atoms with van der Waals surface area (Å²) >= 11 is 0. The van der Waals surface area contributed by atoms with Gasteiger partial charge in [0.15, 0.2) is 11.6 Å². The maximum Gasteiger partial charge on any atom is 0.320 e. The van der Waals surface area contributed by atoms with E-state index in [9.17, 15) is 14.4 Å². The van der Waals surface area contributed by atoms with Crippen LogP contribution in [0.1, 0.15) is 64.8 Å². The Morgan fingerprint density at radius 2 is 1.57 bits per heavy atom. The van der Waals surface area contributed by atoms with Gasteiger partial charge >= 0.3 is 6.03 Å². The van der Waals surface area contributed by atoms with Gasteiger partial charge in [-0.05, 0) is 49.1 Å². The topological polar surface area (TPSA) is 134 Å². The number of nitrogens with zero attached hydrogens (tertiary/aromatic N) is 4. The molecule has 0 aliphatic carbocycles. The van der Waals surface area contributed by atoms with E-state index in [-0.39, 0.29) is 17.5 Å². The lowest BCUT2D eigenvalue weighted by Gasteiger charge is -2.35. The monoisotopic (exact) mass is 479 g/mol. The Kier molecular flexibility index (Phi) is 8.12. The van der Waals surface area contributed by atoms with E-state index >= 15 is 0 Å². The Morgan fingerprint density at radius 1 is 0.857 bits per heavy atom. The number of benzene rings is 1. The van der Waals surface area contributed by atoms with Crippen molar-refractivity contribution in [1.82, 2.24) is 20.4 Å². The summed E-state index contributed by atoms with van der Waals surface area (Å²) in [6, 6.07) is 8.67. The van der Waals surface area contributed by atoms with E-state index in [2.05, 4.69) is 20.8 Å². The van der Waals surface area contributed by atoms with E-state index in [1.807, 2.05) is 23.1 Å². The van der Waals surface area contributed by atoms with E-state index in [0.717, 1.165) is 50.5 Å². The van der Waals surface area contributed by atoms with Crippen LogP contribution >= 0.6 is 0 Å². The first-order valence-corrected chi connectivity index (χ1v) is 12.4. The largest absolute Gasteiger partial charge is 0.366 e. The van der Waals surface area contributed by atoms with Gasteiger partial charge < -0.3 is 20.9 Å². The molecule has 4 aliphatic rings. The van der Waals surface area contributed by atoms with Gasteiger partial charge in [-0.1, -0.05) is 31.7 Å². The number of nitrogens with two attached hydrogens (primary N) is 1. The highest BCUT2D eigenvalue weighted by Gasteiger charge is 2.26. The minimum Gasteiger partial charge on any atom is -0.366 e. The zero-order valence-corrected chi connectivity index (χ0v) is 20.0. The summed E-state index contributed by atoms with van der Waals surface area (Å²) in [5, 5.41) is 13.9. The molecule has 4 aliphatic heterocycles. The van der Waals surface area contributed by atoms with Crippen LogP contribution in [0, 0.1) is 0 Å². The fourth-order valence-corrected chi connectivity index (χ4v) is 4.53. The highest BCUT2D eigenvalue weighted by Crippen LogP contribution is 2.20. The fourth-order valence-electron chi connectivity index (χ4n) is 4.53. The molecule has 0 saturated carbocycles. The number of primary amides is 1. The van der Waals surface area contributed by atoms with Crippen molar-refractivity contribution in [2.24, 2.45) is 5.73 Å². The second-order valence-corrected chi connectivity index (χ2v) is 9.05. The Labute approximate surface area is 205 Å². The van der Waals surface area contributed by atoms with Gasteiger partial charge in [0, 0.05) is 32.7 Å². The zero-order chi connectivity index (χ0) is 24.6. The van der Waals surface area contributed by atoms with Crippen molar-refractivity contribution in [2.45, 2.75) is 44.9 Å². The van der Waals surface area contributed by atoms with Crippen LogP contribution < -0.4 is 21.3 Å². The van der Waals surface area contributed by atoms with E-state index in [1.165, 1.54) is 0 Å². The number of anilines is 2. The number of aromatic nitrogens is 2. The number of fused-ring (bicyclic) bond motifs is 2. The maximum atomic E-state index is 13.3. The summed E-state index contributed by atoms with van der Waals surface area (Å²) in [5.74, 6) is 0.307.